The maximum absolute atomic E-state index is 10.1. The molecule has 1 aromatic heterocycles. The minimum atomic E-state index is -0.345. The number of hydrogen-bond donors (Lipinski definition) is 3. The van der Waals surface area contributed by atoms with E-state index in [1.807, 2.05) is 13.8 Å². The summed E-state index contributed by atoms with van der Waals surface area (Å²) in [6, 6.07) is 0. The Morgan fingerprint density at radius 1 is 1.12 bits per heavy atom. The number of aromatic nitrogens is 1. The number of rotatable bonds is 4. The highest BCUT2D eigenvalue weighted by atomic mass is 32.1. The van der Waals surface area contributed by atoms with Crippen molar-refractivity contribution < 1.29 is 23.2 Å². The number of carbonyl (C=O) groups is 2. The van der Waals surface area contributed by atoms with Crippen molar-refractivity contribution in [2.75, 3.05) is 0 Å². The average molecular weight is 269 g/mol. The zero-order valence-electron chi connectivity index (χ0n) is 9.93. The lowest BCUT2D eigenvalue weighted by atomic mass is 10.3. The quantitative estimate of drug-likeness (QED) is 0.696. The molecule has 0 saturated carbocycles. The number of hydrogen-bond acceptors (Lipinski definition) is 8. The van der Waals surface area contributed by atoms with E-state index in [9.17, 15) is 9.59 Å². The summed E-state index contributed by atoms with van der Waals surface area (Å²) in [7, 11) is 0. The molecular weight excluding hydrogens is 250 g/mol. The van der Waals surface area contributed by atoms with Crippen LogP contribution < -0.4 is 11.8 Å². The smallest absolute Gasteiger partial charge is 0.324 e. The van der Waals surface area contributed by atoms with E-state index in [1.54, 1.807) is 0 Å². The molecule has 1 aromatic rings. The second-order valence-electron chi connectivity index (χ2n) is 2.73. The van der Waals surface area contributed by atoms with Crippen LogP contribution in [0.2, 0.25) is 0 Å². The molecule has 1 heterocycles. The van der Waals surface area contributed by atoms with E-state index < -0.39 is 0 Å². The third-order valence-electron chi connectivity index (χ3n) is 1.25. The molecule has 8 nitrogen and oxygen atoms in total. The van der Waals surface area contributed by atoms with Crippen LogP contribution in [0.1, 0.15) is 39.5 Å². The van der Waals surface area contributed by atoms with Crippen molar-refractivity contribution in [1.82, 2.24) is 4.55 Å². The van der Waals surface area contributed by atoms with E-state index in [0.717, 1.165) is 12.8 Å². The lowest BCUT2D eigenvalue weighted by Gasteiger charge is -1.89. The van der Waals surface area contributed by atoms with Crippen molar-refractivity contribution >= 4 is 23.8 Å². The number of nitrogens with two attached hydrogens (primary N) is 2. The summed E-state index contributed by atoms with van der Waals surface area (Å²) in [5.41, 5.74) is 0. The molecule has 17 heavy (non-hydrogen) atoms. The number of aromatic amines is 1. The van der Waals surface area contributed by atoms with E-state index in [-0.39, 0.29) is 11.9 Å². The summed E-state index contributed by atoms with van der Waals surface area (Å²) in [5, 5.41) is 0. The van der Waals surface area contributed by atoms with E-state index in [0.29, 0.717) is 12.8 Å². The number of H-pyrrole nitrogens is 1. The van der Waals surface area contributed by atoms with E-state index in [4.69, 9.17) is 0 Å². The van der Waals surface area contributed by atoms with Gasteiger partial charge >= 0.3 is 11.9 Å². The van der Waals surface area contributed by atoms with Crippen molar-refractivity contribution in [3.05, 3.63) is 0 Å². The van der Waals surface area contributed by atoms with Crippen LogP contribution >= 0.6 is 11.8 Å². The molecule has 0 aliphatic heterocycles. The lowest BCUT2D eigenvalue weighted by Crippen LogP contribution is -2.08. The van der Waals surface area contributed by atoms with Gasteiger partial charge < -0.3 is 9.68 Å². The molecule has 102 valence electrons. The van der Waals surface area contributed by atoms with E-state index in [1.165, 1.54) is 11.8 Å². The van der Waals surface area contributed by atoms with Crippen molar-refractivity contribution in [2.45, 2.75) is 39.5 Å². The molecular formula is C8H19N3O5S. The molecule has 1 rings (SSSR count). The van der Waals surface area contributed by atoms with Gasteiger partial charge in [0, 0.05) is 12.8 Å². The minimum absolute atomic E-state index is 0.345. The first-order valence-corrected chi connectivity index (χ1v) is 5.73. The molecule has 0 amide bonds. The maximum atomic E-state index is 10.1. The van der Waals surface area contributed by atoms with Gasteiger partial charge in [-0.2, -0.15) is 11.8 Å². The first-order chi connectivity index (χ1) is 8.12. The van der Waals surface area contributed by atoms with Crippen LogP contribution in [-0.2, 0) is 19.3 Å². The summed E-state index contributed by atoms with van der Waals surface area (Å²) in [6.45, 7) is 3.77. The topological polar surface area (TPSA) is 134 Å². The Labute approximate surface area is 103 Å². The molecule has 0 bridgehead atoms. The Balaban J connectivity index is 0. The highest BCUT2D eigenvalue weighted by Crippen LogP contribution is 1.86. The highest BCUT2D eigenvalue weighted by molar-refractivity contribution is 6.99. The van der Waals surface area contributed by atoms with Gasteiger partial charge in [0.05, 0.1) is 0 Å². The first-order valence-electron chi connectivity index (χ1n) is 4.98. The second kappa shape index (κ2) is 14.7. The van der Waals surface area contributed by atoms with Gasteiger partial charge in [0.15, 0.2) is 11.8 Å². The minimum Gasteiger partial charge on any atom is -0.373 e. The van der Waals surface area contributed by atoms with Gasteiger partial charge in [0.2, 0.25) is 0 Å². The van der Waals surface area contributed by atoms with Gasteiger partial charge in [0.1, 0.15) is 0 Å². The first kappa shape index (κ1) is 18.1. The number of nitrogens with one attached hydrogen (secondary N) is 1. The molecule has 5 N–H and O–H groups in total. The molecule has 0 radical (unpaired) electrons. The van der Waals surface area contributed by atoms with Crippen LogP contribution in [0.5, 0.6) is 0 Å². The molecule has 0 aliphatic carbocycles. The third kappa shape index (κ3) is 25.2. The summed E-state index contributed by atoms with van der Waals surface area (Å²) in [5.74, 6) is 8.33. The molecule has 0 spiro atoms. The van der Waals surface area contributed by atoms with Crippen molar-refractivity contribution in [3.63, 3.8) is 0 Å². The third-order valence-corrected chi connectivity index (χ3v) is 1.42. The summed E-state index contributed by atoms with van der Waals surface area (Å²) in [4.78, 5) is 27.8. The molecule has 0 saturated heterocycles. The Kier molecular flexibility index (Phi) is 15.6. The Morgan fingerprint density at radius 3 is 1.47 bits per heavy atom. The highest BCUT2D eigenvalue weighted by Gasteiger charge is 1.94. The van der Waals surface area contributed by atoms with Crippen LogP contribution in [0, 0.1) is 0 Å². The summed E-state index contributed by atoms with van der Waals surface area (Å²) < 4.78 is 6.58. The van der Waals surface area contributed by atoms with Gasteiger partial charge in [-0.3, -0.25) is 13.5 Å². The monoisotopic (exact) mass is 269 g/mol. The largest absolute Gasteiger partial charge is 0.373 e. The van der Waals surface area contributed by atoms with Crippen molar-refractivity contribution in [3.8, 4) is 0 Å². The molecule has 0 atom stereocenters. The van der Waals surface area contributed by atoms with Gasteiger partial charge in [-0.25, -0.2) is 0 Å². The van der Waals surface area contributed by atoms with Gasteiger partial charge in [-0.1, -0.05) is 13.8 Å². The maximum Gasteiger partial charge on any atom is 0.324 e. The van der Waals surface area contributed by atoms with E-state index in [2.05, 4.69) is 30.0 Å². The fraction of sp³-hybridized carbons (Fsp3) is 0.750. The van der Waals surface area contributed by atoms with E-state index >= 15 is 0 Å². The normalized spacial score (nSPS) is 8.24. The molecule has 9 heteroatoms. The zero-order chi connectivity index (χ0) is 13.5. The zero-order valence-corrected chi connectivity index (χ0v) is 10.7. The van der Waals surface area contributed by atoms with Crippen LogP contribution in [0.15, 0.2) is 3.96 Å². The van der Waals surface area contributed by atoms with Crippen LogP contribution in [-0.4, -0.2) is 16.5 Å². The van der Waals surface area contributed by atoms with Gasteiger partial charge in [0.25, 0.3) is 0 Å². The fourth-order valence-electron chi connectivity index (χ4n) is 0.526. The standard InChI is InChI=1S/2C4H9NO2.HNOS/c2*1-2-3-4(6)7-5;1-2-3-1/h2*2-3,5H2,1H3;1H. The Morgan fingerprint density at radius 2 is 1.41 bits per heavy atom. The lowest BCUT2D eigenvalue weighted by molar-refractivity contribution is -0.145. The predicted molar refractivity (Wildman–Crippen MR) is 61.3 cm³/mol. The molecule has 0 fully saturated rings. The summed E-state index contributed by atoms with van der Waals surface area (Å²) >= 11 is 1.25. The SMILES string of the molecule is CCCC(=O)ON.CCCC(=O)ON.[nH]1os1. The van der Waals surface area contributed by atoms with Crippen LogP contribution in [0.25, 0.3) is 0 Å². The average Bonchev–Trinajstić information content (AvgIpc) is 3.18. The molecule has 0 aromatic carbocycles. The van der Waals surface area contributed by atoms with Crippen molar-refractivity contribution in [2.24, 2.45) is 11.8 Å². The summed E-state index contributed by atoms with van der Waals surface area (Å²) in [6.07, 6.45) is 2.40. The second-order valence-corrected chi connectivity index (χ2v) is 3.23. The Hall–Kier alpha value is -1.32. The van der Waals surface area contributed by atoms with Crippen LogP contribution in [0.4, 0.5) is 0 Å². The predicted octanol–water partition coefficient (Wildman–Crippen LogP) is 1.08. The Bertz CT molecular complexity index is 227. The fourth-order valence-corrected chi connectivity index (χ4v) is 0.526. The number of carbonyl (C=O) groups excluding carboxylic acids is 2. The molecule has 0 aliphatic rings. The molecule has 0 unspecified atom stereocenters. The van der Waals surface area contributed by atoms with Crippen molar-refractivity contribution in [1.29, 1.82) is 0 Å². The van der Waals surface area contributed by atoms with Gasteiger partial charge in [-0.05, 0) is 12.8 Å². The van der Waals surface area contributed by atoms with Crippen LogP contribution in [0.3, 0.4) is 0 Å². The van der Waals surface area contributed by atoms with Gasteiger partial charge in [-0.15, -0.1) is 4.55 Å².